The number of amides is 2. The SMILES string of the molecule is CCC(CCO)NC(=O)c1cc(NC(=O)C(C)C)ccc1Cl. The number of benzene rings is 1. The van der Waals surface area contributed by atoms with Crippen molar-refractivity contribution in [2.75, 3.05) is 11.9 Å². The average Bonchev–Trinajstić information content (AvgIpc) is 2.48. The molecule has 0 bridgehead atoms. The van der Waals surface area contributed by atoms with Gasteiger partial charge in [-0.1, -0.05) is 32.4 Å². The Balaban J connectivity index is 2.89. The maximum atomic E-state index is 12.3. The Morgan fingerprint density at radius 1 is 1.32 bits per heavy atom. The van der Waals surface area contributed by atoms with Crippen molar-refractivity contribution in [1.82, 2.24) is 5.32 Å². The summed E-state index contributed by atoms with van der Waals surface area (Å²) in [6.45, 7) is 5.53. The van der Waals surface area contributed by atoms with Crippen molar-refractivity contribution in [2.24, 2.45) is 5.92 Å². The fourth-order valence-corrected chi connectivity index (χ4v) is 2.06. The van der Waals surface area contributed by atoms with Crippen LogP contribution in [-0.2, 0) is 4.79 Å². The van der Waals surface area contributed by atoms with Gasteiger partial charge in [0.05, 0.1) is 10.6 Å². The zero-order valence-corrected chi connectivity index (χ0v) is 13.9. The fraction of sp³-hybridized carbons (Fsp3) is 0.500. The minimum atomic E-state index is -0.314. The molecule has 0 heterocycles. The third-order valence-electron chi connectivity index (χ3n) is 3.31. The zero-order chi connectivity index (χ0) is 16.7. The van der Waals surface area contributed by atoms with E-state index in [0.717, 1.165) is 0 Å². The van der Waals surface area contributed by atoms with Gasteiger partial charge < -0.3 is 15.7 Å². The Kier molecular flexibility index (Phi) is 7.35. The lowest BCUT2D eigenvalue weighted by Crippen LogP contribution is -2.35. The maximum absolute atomic E-state index is 12.3. The third-order valence-corrected chi connectivity index (χ3v) is 3.64. The van der Waals surface area contributed by atoms with E-state index >= 15 is 0 Å². The second-order valence-corrected chi connectivity index (χ2v) is 5.84. The molecule has 0 saturated heterocycles. The summed E-state index contributed by atoms with van der Waals surface area (Å²) in [4.78, 5) is 24.0. The molecule has 3 N–H and O–H groups in total. The number of halogens is 1. The number of aliphatic hydroxyl groups is 1. The van der Waals surface area contributed by atoms with Gasteiger partial charge in [-0.2, -0.15) is 0 Å². The van der Waals surface area contributed by atoms with Crippen LogP contribution >= 0.6 is 11.6 Å². The molecule has 1 unspecified atom stereocenters. The fourth-order valence-electron chi connectivity index (χ4n) is 1.86. The number of carbonyl (C=O) groups is 2. The van der Waals surface area contributed by atoms with Gasteiger partial charge in [0.2, 0.25) is 5.91 Å². The molecule has 0 radical (unpaired) electrons. The first kappa shape index (κ1) is 18.5. The number of hydrogen-bond acceptors (Lipinski definition) is 3. The number of nitrogens with one attached hydrogen (secondary N) is 2. The van der Waals surface area contributed by atoms with Crippen molar-refractivity contribution in [3.63, 3.8) is 0 Å². The van der Waals surface area contributed by atoms with Crippen LogP contribution in [0.4, 0.5) is 5.69 Å². The largest absolute Gasteiger partial charge is 0.396 e. The molecule has 0 saturated carbocycles. The van der Waals surface area contributed by atoms with Gasteiger partial charge in [-0.15, -0.1) is 0 Å². The van der Waals surface area contributed by atoms with Gasteiger partial charge in [0, 0.05) is 24.3 Å². The first-order chi connectivity index (χ1) is 10.4. The van der Waals surface area contributed by atoms with E-state index in [1.165, 1.54) is 0 Å². The van der Waals surface area contributed by atoms with E-state index in [-0.39, 0.29) is 30.4 Å². The molecule has 0 spiro atoms. The molecule has 6 heteroatoms. The van der Waals surface area contributed by atoms with E-state index in [1.807, 2.05) is 6.92 Å². The van der Waals surface area contributed by atoms with Crippen LogP contribution in [-0.4, -0.2) is 29.6 Å². The van der Waals surface area contributed by atoms with Crippen molar-refractivity contribution in [3.05, 3.63) is 28.8 Å². The van der Waals surface area contributed by atoms with Crippen LogP contribution in [0.5, 0.6) is 0 Å². The van der Waals surface area contributed by atoms with E-state index in [4.69, 9.17) is 16.7 Å². The highest BCUT2D eigenvalue weighted by Crippen LogP contribution is 2.21. The summed E-state index contributed by atoms with van der Waals surface area (Å²) in [7, 11) is 0. The second-order valence-electron chi connectivity index (χ2n) is 5.43. The molecule has 1 atom stereocenters. The number of aliphatic hydroxyl groups excluding tert-OH is 1. The van der Waals surface area contributed by atoms with Crippen LogP contribution in [0.1, 0.15) is 44.0 Å². The van der Waals surface area contributed by atoms with Crippen LogP contribution in [0, 0.1) is 5.92 Å². The highest BCUT2D eigenvalue weighted by molar-refractivity contribution is 6.34. The normalized spacial score (nSPS) is 12.1. The lowest BCUT2D eigenvalue weighted by Gasteiger charge is -2.17. The van der Waals surface area contributed by atoms with Crippen molar-refractivity contribution in [3.8, 4) is 0 Å². The second kappa shape index (κ2) is 8.76. The Morgan fingerprint density at radius 3 is 2.55 bits per heavy atom. The molecule has 1 aromatic carbocycles. The monoisotopic (exact) mass is 326 g/mol. The lowest BCUT2D eigenvalue weighted by atomic mass is 10.1. The Bertz CT molecular complexity index is 532. The quantitative estimate of drug-likeness (QED) is 0.721. The van der Waals surface area contributed by atoms with Crippen LogP contribution in [0.2, 0.25) is 5.02 Å². The molecular formula is C16H23ClN2O3. The van der Waals surface area contributed by atoms with Crippen molar-refractivity contribution in [1.29, 1.82) is 0 Å². The van der Waals surface area contributed by atoms with E-state index < -0.39 is 0 Å². The average molecular weight is 327 g/mol. The van der Waals surface area contributed by atoms with Crippen LogP contribution in [0.25, 0.3) is 0 Å². The number of anilines is 1. The number of carbonyl (C=O) groups excluding carboxylic acids is 2. The van der Waals surface area contributed by atoms with Crippen molar-refractivity contribution in [2.45, 2.75) is 39.7 Å². The molecule has 0 aliphatic rings. The predicted octanol–water partition coefficient (Wildman–Crippen LogP) is 2.83. The molecule has 2 amide bonds. The molecule has 0 aliphatic heterocycles. The first-order valence-electron chi connectivity index (χ1n) is 7.41. The molecule has 22 heavy (non-hydrogen) atoms. The van der Waals surface area contributed by atoms with Gasteiger partial charge in [-0.05, 0) is 31.0 Å². The third kappa shape index (κ3) is 5.31. The topological polar surface area (TPSA) is 78.4 Å². The zero-order valence-electron chi connectivity index (χ0n) is 13.1. The Labute approximate surface area is 136 Å². The standard InChI is InChI=1S/C16H23ClN2O3/c1-4-11(7-8-20)18-16(22)13-9-12(5-6-14(13)17)19-15(21)10(2)3/h5-6,9-11,20H,4,7-8H2,1-3H3,(H,18,22)(H,19,21). The highest BCUT2D eigenvalue weighted by atomic mass is 35.5. The summed E-state index contributed by atoms with van der Waals surface area (Å²) in [5.41, 5.74) is 0.836. The van der Waals surface area contributed by atoms with Crippen molar-refractivity contribution >= 4 is 29.1 Å². The van der Waals surface area contributed by atoms with Gasteiger partial charge in [0.25, 0.3) is 5.91 Å². The summed E-state index contributed by atoms with van der Waals surface area (Å²) in [6, 6.07) is 4.69. The molecule has 122 valence electrons. The predicted molar refractivity (Wildman–Crippen MR) is 88.2 cm³/mol. The van der Waals surface area contributed by atoms with Gasteiger partial charge in [0.15, 0.2) is 0 Å². The van der Waals surface area contributed by atoms with Gasteiger partial charge in [-0.3, -0.25) is 9.59 Å². The lowest BCUT2D eigenvalue weighted by molar-refractivity contribution is -0.118. The molecule has 1 aromatic rings. The van der Waals surface area contributed by atoms with E-state index in [1.54, 1.807) is 32.0 Å². The minimum absolute atomic E-state index is 0.0109. The van der Waals surface area contributed by atoms with Crippen LogP contribution in [0.3, 0.4) is 0 Å². The summed E-state index contributed by atoms with van der Waals surface area (Å²) in [5.74, 6) is -0.590. The summed E-state index contributed by atoms with van der Waals surface area (Å²) in [5, 5.41) is 14.9. The first-order valence-corrected chi connectivity index (χ1v) is 7.79. The number of hydrogen-bond donors (Lipinski definition) is 3. The Morgan fingerprint density at radius 2 is 2.00 bits per heavy atom. The maximum Gasteiger partial charge on any atom is 0.253 e. The molecule has 5 nitrogen and oxygen atoms in total. The summed E-state index contributed by atoms with van der Waals surface area (Å²) in [6.07, 6.45) is 1.21. The van der Waals surface area contributed by atoms with E-state index in [2.05, 4.69) is 10.6 Å². The number of rotatable bonds is 7. The smallest absolute Gasteiger partial charge is 0.253 e. The van der Waals surface area contributed by atoms with E-state index in [9.17, 15) is 9.59 Å². The van der Waals surface area contributed by atoms with Gasteiger partial charge in [0.1, 0.15) is 0 Å². The van der Waals surface area contributed by atoms with Crippen LogP contribution in [0.15, 0.2) is 18.2 Å². The summed E-state index contributed by atoms with van der Waals surface area (Å²) < 4.78 is 0. The molecule has 0 aliphatic carbocycles. The van der Waals surface area contributed by atoms with Crippen LogP contribution < -0.4 is 10.6 Å². The van der Waals surface area contributed by atoms with Crippen molar-refractivity contribution < 1.29 is 14.7 Å². The molecule has 0 aromatic heterocycles. The molecular weight excluding hydrogens is 304 g/mol. The van der Waals surface area contributed by atoms with Gasteiger partial charge >= 0.3 is 0 Å². The molecule has 0 fully saturated rings. The Hall–Kier alpha value is -1.59. The molecule has 1 rings (SSSR count). The minimum Gasteiger partial charge on any atom is -0.396 e. The van der Waals surface area contributed by atoms with Gasteiger partial charge in [-0.25, -0.2) is 0 Å². The highest BCUT2D eigenvalue weighted by Gasteiger charge is 2.16. The summed E-state index contributed by atoms with van der Waals surface area (Å²) >= 11 is 6.07. The van der Waals surface area contributed by atoms with E-state index in [0.29, 0.717) is 29.1 Å².